The van der Waals surface area contributed by atoms with Gasteiger partial charge >= 0.3 is 0 Å². The van der Waals surface area contributed by atoms with Crippen LogP contribution in [0.4, 0.5) is 0 Å². The molecule has 0 spiro atoms. The van der Waals surface area contributed by atoms with Crippen LogP contribution in [0.3, 0.4) is 0 Å². The molecule has 3 heteroatoms. The molecule has 18 heavy (non-hydrogen) atoms. The van der Waals surface area contributed by atoms with Crippen molar-refractivity contribution in [2.75, 3.05) is 21.2 Å². The number of nitrogens with one attached hydrogen (secondary N) is 1. The molecule has 0 aliphatic carbocycles. The second kappa shape index (κ2) is 7.39. The van der Waals surface area contributed by atoms with Crippen molar-refractivity contribution in [1.82, 2.24) is 10.2 Å². The maximum absolute atomic E-state index is 5.25. The molecule has 0 fully saturated rings. The molecular formula is C15H26N2O. The van der Waals surface area contributed by atoms with Crippen LogP contribution >= 0.6 is 0 Å². The van der Waals surface area contributed by atoms with Crippen LogP contribution in [-0.4, -0.2) is 38.2 Å². The van der Waals surface area contributed by atoms with Crippen LogP contribution in [0.2, 0.25) is 0 Å². The molecule has 0 radical (unpaired) electrons. The van der Waals surface area contributed by atoms with E-state index in [0.29, 0.717) is 12.1 Å². The lowest BCUT2D eigenvalue weighted by atomic mass is 10.1. The molecule has 1 rings (SSSR count). The molecule has 3 nitrogen and oxygen atoms in total. The molecule has 1 N–H and O–H groups in total. The maximum atomic E-state index is 5.25. The second-order valence-electron chi connectivity index (χ2n) is 5.04. The summed E-state index contributed by atoms with van der Waals surface area (Å²) < 4.78 is 5.25. The van der Waals surface area contributed by atoms with Gasteiger partial charge in [-0.2, -0.15) is 0 Å². The highest BCUT2D eigenvalue weighted by atomic mass is 16.5. The topological polar surface area (TPSA) is 24.5 Å². The van der Waals surface area contributed by atoms with Gasteiger partial charge in [-0.05, 0) is 52.1 Å². The Morgan fingerprint density at radius 2 is 2.06 bits per heavy atom. The van der Waals surface area contributed by atoms with Crippen LogP contribution in [0.1, 0.15) is 25.8 Å². The van der Waals surface area contributed by atoms with Crippen LogP contribution in [0.25, 0.3) is 0 Å². The number of nitrogens with zero attached hydrogens (tertiary/aromatic N) is 1. The fraction of sp³-hybridized carbons (Fsp3) is 0.600. The summed E-state index contributed by atoms with van der Waals surface area (Å²) in [7, 11) is 5.89. The first-order chi connectivity index (χ1) is 8.56. The van der Waals surface area contributed by atoms with Crippen molar-refractivity contribution < 1.29 is 4.74 Å². The molecule has 0 aliphatic rings. The summed E-state index contributed by atoms with van der Waals surface area (Å²) in [6, 6.07) is 9.38. The highest BCUT2D eigenvalue weighted by Gasteiger charge is 2.12. The van der Waals surface area contributed by atoms with Gasteiger partial charge in [0, 0.05) is 18.6 Å². The van der Waals surface area contributed by atoms with E-state index in [1.807, 2.05) is 19.2 Å². The number of hydrogen-bond acceptors (Lipinski definition) is 3. The van der Waals surface area contributed by atoms with E-state index in [2.05, 4.69) is 43.2 Å². The number of benzene rings is 1. The summed E-state index contributed by atoms with van der Waals surface area (Å²) in [6.07, 6.45) is 1.15. The van der Waals surface area contributed by atoms with E-state index < -0.39 is 0 Å². The van der Waals surface area contributed by atoms with Crippen molar-refractivity contribution in [1.29, 1.82) is 0 Å². The fourth-order valence-corrected chi connectivity index (χ4v) is 2.02. The van der Waals surface area contributed by atoms with Gasteiger partial charge in [0.1, 0.15) is 5.75 Å². The van der Waals surface area contributed by atoms with Crippen LogP contribution < -0.4 is 10.1 Å². The number of rotatable bonds is 7. The monoisotopic (exact) mass is 250 g/mol. The van der Waals surface area contributed by atoms with Gasteiger partial charge in [-0.1, -0.05) is 12.1 Å². The molecule has 0 bridgehead atoms. The Morgan fingerprint density at radius 3 is 2.67 bits per heavy atom. The molecule has 102 valence electrons. The zero-order valence-corrected chi connectivity index (χ0v) is 12.2. The van der Waals surface area contributed by atoms with Gasteiger partial charge in [-0.25, -0.2) is 0 Å². The first-order valence-corrected chi connectivity index (χ1v) is 6.57. The Balaban J connectivity index is 2.54. The Morgan fingerprint density at radius 1 is 1.33 bits per heavy atom. The molecule has 0 amide bonds. The van der Waals surface area contributed by atoms with E-state index in [1.54, 1.807) is 7.11 Å². The van der Waals surface area contributed by atoms with E-state index >= 15 is 0 Å². The largest absolute Gasteiger partial charge is 0.497 e. The Kier molecular flexibility index (Phi) is 6.16. The molecule has 0 aromatic heterocycles. The van der Waals surface area contributed by atoms with E-state index in [0.717, 1.165) is 18.7 Å². The lowest BCUT2D eigenvalue weighted by Gasteiger charge is -2.27. The van der Waals surface area contributed by atoms with Crippen LogP contribution in [0.15, 0.2) is 24.3 Å². The minimum atomic E-state index is 0.549. The fourth-order valence-electron chi connectivity index (χ4n) is 2.02. The third-order valence-electron chi connectivity index (χ3n) is 3.51. The lowest BCUT2D eigenvalue weighted by Crippen LogP contribution is -2.35. The second-order valence-corrected chi connectivity index (χ2v) is 5.04. The van der Waals surface area contributed by atoms with Crippen LogP contribution in [-0.2, 0) is 6.54 Å². The summed E-state index contributed by atoms with van der Waals surface area (Å²) in [5, 5.41) is 3.29. The van der Waals surface area contributed by atoms with Gasteiger partial charge in [-0.3, -0.25) is 4.90 Å². The summed E-state index contributed by atoms with van der Waals surface area (Å²) in [5.41, 5.74) is 1.29. The first kappa shape index (κ1) is 15.0. The zero-order chi connectivity index (χ0) is 13.5. The minimum absolute atomic E-state index is 0.549. The van der Waals surface area contributed by atoms with E-state index in [-0.39, 0.29) is 0 Å². The van der Waals surface area contributed by atoms with Crippen molar-refractivity contribution in [2.24, 2.45) is 0 Å². The Bertz CT molecular complexity index is 354. The van der Waals surface area contributed by atoms with Gasteiger partial charge in [0.15, 0.2) is 0 Å². The number of hydrogen-bond donors (Lipinski definition) is 1. The molecule has 0 heterocycles. The highest BCUT2D eigenvalue weighted by Crippen LogP contribution is 2.15. The zero-order valence-electron chi connectivity index (χ0n) is 12.2. The van der Waals surface area contributed by atoms with Crippen molar-refractivity contribution >= 4 is 0 Å². The highest BCUT2D eigenvalue weighted by molar-refractivity contribution is 5.28. The number of methoxy groups -OCH3 is 1. The third kappa shape index (κ3) is 4.67. The molecule has 2 unspecified atom stereocenters. The normalized spacial score (nSPS) is 14.6. The maximum Gasteiger partial charge on any atom is 0.119 e. The van der Waals surface area contributed by atoms with Gasteiger partial charge in [-0.15, -0.1) is 0 Å². The third-order valence-corrected chi connectivity index (χ3v) is 3.51. The van der Waals surface area contributed by atoms with Crippen LogP contribution in [0, 0.1) is 0 Å². The smallest absolute Gasteiger partial charge is 0.119 e. The van der Waals surface area contributed by atoms with Gasteiger partial charge in [0.25, 0.3) is 0 Å². The SMILES string of the molecule is CNC(C)CC(C)N(C)Cc1cccc(OC)c1. The quantitative estimate of drug-likeness (QED) is 0.805. The lowest BCUT2D eigenvalue weighted by molar-refractivity contribution is 0.224. The minimum Gasteiger partial charge on any atom is -0.497 e. The average molecular weight is 250 g/mol. The molecule has 0 saturated heterocycles. The summed E-state index contributed by atoms with van der Waals surface area (Å²) in [5.74, 6) is 0.928. The van der Waals surface area contributed by atoms with Gasteiger partial charge in [0.05, 0.1) is 7.11 Å². The average Bonchev–Trinajstić information content (AvgIpc) is 2.38. The Labute approximate surface area is 111 Å². The molecule has 0 saturated carbocycles. The summed E-state index contributed by atoms with van der Waals surface area (Å²) >= 11 is 0. The van der Waals surface area contributed by atoms with E-state index in [1.165, 1.54) is 5.56 Å². The molecule has 1 aromatic carbocycles. The van der Waals surface area contributed by atoms with Crippen molar-refractivity contribution in [3.8, 4) is 5.75 Å². The summed E-state index contributed by atoms with van der Waals surface area (Å²) in [6.45, 7) is 5.44. The van der Waals surface area contributed by atoms with Crippen molar-refractivity contribution in [3.63, 3.8) is 0 Å². The molecule has 0 aliphatic heterocycles. The predicted molar refractivity (Wildman–Crippen MR) is 77.1 cm³/mol. The van der Waals surface area contributed by atoms with Gasteiger partial charge < -0.3 is 10.1 Å². The summed E-state index contributed by atoms with van der Waals surface area (Å²) in [4.78, 5) is 2.38. The molecule has 2 atom stereocenters. The standard InChI is InChI=1S/C15H26N2O/c1-12(16-3)9-13(2)17(4)11-14-7-6-8-15(10-14)18-5/h6-8,10,12-13,16H,9,11H2,1-5H3. The first-order valence-electron chi connectivity index (χ1n) is 6.57. The molecular weight excluding hydrogens is 224 g/mol. The van der Waals surface area contributed by atoms with Crippen molar-refractivity contribution in [2.45, 2.75) is 38.9 Å². The van der Waals surface area contributed by atoms with Crippen molar-refractivity contribution in [3.05, 3.63) is 29.8 Å². The van der Waals surface area contributed by atoms with Gasteiger partial charge in [0.2, 0.25) is 0 Å². The van der Waals surface area contributed by atoms with Crippen LogP contribution in [0.5, 0.6) is 5.75 Å². The Hall–Kier alpha value is -1.06. The van der Waals surface area contributed by atoms with E-state index in [4.69, 9.17) is 4.74 Å². The molecule has 1 aromatic rings. The number of ether oxygens (including phenoxy) is 1. The van der Waals surface area contributed by atoms with E-state index in [9.17, 15) is 0 Å². The predicted octanol–water partition coefficient (Wildman–Crippen LogP) is 2.51.